The molecule has 2 heterocycles. The summed E-state index contributed by atoms with van der Waals surface area (Å²) in [7, 11) is 0. The van der Waals surface area contributed by atoms with Crippen molar-refractivity contribution in [1.82, 2.24) is 14.9 Å². The van der Waals surface area contributed by atoms with Crippen molar-refractivity contribution in [2.45, 2.75) is 32.7 Å². The lowest BCUT2D eigenvalue weighted by molar-refractivity contribution is 0.143. The number of likely N-dealkylation sites (tertiary alicyclic amines) is 1. The third-order valence-electron chi connectivity index (χ3n) is 4.25. The number of aromatic nitrogens is 2. The summed E-state index contributed by atoms with van der Waals surface area (Å²) >= 11 is 0. The highest BCUT2D eigenvalue weighted by Crippen LogP contribution is 2.27. The number of fused-ring (bicyclic) bond motifs is 1. The number of piperidine rings is 1. The minimum absolute atomic E-state index is 0.280. The minimum Gasteiger partial charge on any atom is -0.508 e. The zero-order valence-electron chi connectivity index (χ0n) is 11.6. The molecule has 0 aliphatic carbocycles. The molecular formula is C15H21N3O. The van der Waals surface area contributed by atoms with Crippen molar-refractivity contribution in [3.8, 4) is 5.75 Å². The summed E-state index contributed by atoms with van der Waals surface area (Å²) in [6, 6.07) is 5.58. The number of hydrogen-bond acceptors (Lipinski definition) is 3. The van der Waals surface area contributed by atoms with Crippen LogP contribution in [-0.2, 0) is 0 Å². The van der Waals surface area contributed by atoms with Crippen LogP contribution < -0.4 is 0 Å². The number of aromatic hydroxyl groups is 1. The number of nitrogens with one attached hydrogen (secondary N) is 1. The molecule has 3 rings (SSSR count). The highest BCUT2D eigenvalue weighted by Gasteiger charge is 2.23. The molecule has 1 fully saturated rings. The molecule has 1 unspecified atom stereocenters. The van der Waals surface area contributed by atoms with Crippen LogP contribution >= 0.6 is 0 Å². The summed E-state index contributed by atoms with van der Waals surface area (Å²) in [5.41, 5.74) is 1.83. The number of phenolic OH excluding ortho intramolecular Hbond substituents is 1. The first-order valence-electron chi connectivity index (χ1n) is 7.06. The second kappa shape index (κ2) is 4.85. The zero-order chi connectivity index (χ0) is 13.4. The Kier molecular flexibility index (Phi) is 3.19. The zero-order valence-corrected chi connectivity index (χ0v) is 11.6. The fourth-order valence-electron chi connectivity index (χ4n) is 2.80. The summed E-state index contributed by atoms with van der Waals surface area (Å²) in [4.78, 5) is 10.5. The molecule has 0 amide bonds. The number of nitrogens with zero attached hydrogens (tertiary/aromatic N) is 2. The normalized spacial score (nSPS) is 19.9. The van der Waals surface area contributed by atoms with E-state index in [0.717, 1.165) is 35.9 Å². The maximum Gasteiger partial charge on any atom is 0.124 e. The SMILES string of the molecule is CC1CCN(C(C)c2nc3ccc(O)cc3[nH]2)CC1. The molecule has 2 aromatic rings. The Bertz CT molecular complexity index is 570. The van der Waals surface area contributed by atoms with Gasteiger partial charge in [0.05, 0.1) is 17.1 Å². The highest BCUT2D eigenvalue weighted by atomic mass is 16.3. The molecule has 0 saturated carbocycles. The van der Waals surface area contributed by atoms with Gasteiger partial charge in [-0.05, 0) is 50.9 Å². The Hall–Kier alpha value is -1.55. The van der Waals surface area contributed by atoms with Gasteiger partial charge in [-0.3, -0.25) is 4.90 Å². The molecule has 1 atom stereocenters. The average molecular weight is 259 g/mol. The van der Waals surface area contributed by atoms with Gasteiger partial charge in [-0.25, -0.2) is 4.98 Å². The molecule has 0 bridgehead atoms. The van der Waals surface area contributed by atoms with Crippen LogP contribution in [0.25, 0.3) is 11.0 Å². The third-order valence-corrected chi connectivity index (χ3v) is 4.25. The fourth-order valence-corrected chi connectivity index (χ4v) is 2.80. The van der Waals surface area contributed by atoms with Crippen LogP contribution in [0.5, 0.6) is 5.75 Å². The topological polar surface area (TPSA) is 52.1 Å². The molecule has 1 aliphatic heterocycles. The summed E-state index contributed by atoms with van der Waals surface area (Å²) in [5.74, 6) is 2.12. The van der Waals surface area contributed by atoms with E-state index in [9.17, 15) is 5.11 Å². The van der Waals surface area contributed by atoms with Gasteiger partial charge in [-0.1, -0.05) is 6.92 Å². The second-order valence-electron chi connectivity index (χ2n) is 5.72. The van der Waals surface area contributed by atoms with Gasteiger partial charge < -0.3 is 10.1 Å². The summed E-state index contributed by atoms with van der Waals surface area (Å²) in [5, 5.41) is 9.50. The summed E-state index contributed by atoms with van der Waals surface area (Å²) in [6.07, 6.45) is 2.54. The lowest BCUT2D eigenvalue weighted by atomic mass is 9.98. The van der Waals surface area contributed by atoms with Gasteiger partial charge in [0.2, 0.25) is 0 Å². The third kappa shape index (κ3) is 2.45. The molecule has 1 saturated heterocycles. The Labute approximate surface area is 113 Å². The average Bonchev–Trinajstić information content (AvgIpc) is 2.81. The van der Waals surface area contributed by atoms with Crippen LogP contribution in [0.3, 0.4) is 0 Å². The predicted octanol–water partition coefficient (Wildman–Crippen LogP) is 3.06. The number of benzene rings is 1. The first kappa shape index (κ1) is 12.5. The lowest BCUT2D eigenvalue weighted by Gasteiger charge is -2.33. The number of aromatic amines is 1. The lowest BCUT2D eigenvalue weighted by Crippen LogP contribution is -2.35. The summed E-state index contributed by atoms with van der Waals surface area (Å²) < 4.78 is 0. The van der Waals surface area contributed by atoms with E-state index >= 15 is 0 Å². The molecule has 1 aromatic heterocycles. The van der Waals surface area contributed by atoms with Gasteiger partial charge in [0, 0.05) is 6.07 Å². The molecule has 19 heavy (non-hydrogen) atoms. The minimum atomic E-state index is 0.280. The smallest absolute Gasteiger partial charge is 0.124 e. The van der Waals surface area contributed by atoms with E-state index in [0.29, 0.717) is 6.04 Å². The van der Waals surface area contributed by atoms with Crippen LogP contribution in [0, 0.1) is 5.92 Å². The van der Waals surface area contributed by atoms with E-state index in [2.05, 4.69) is 28.7 Å². The Balaban J connectivity index is 1.83. The van der Waals surface area contributed by atoms with Gasteiger partial charge in [0.25, 0.3) is 0 Å². The van der Waals surface area contributed by atoms with Crippen LogP contribution in [0.4, 0.5) is 0 Å². The van der Waals surface area contributed by atoms with Crippen molar-refractivity contribution in [1.29, 1.82) is 0 Å². The van der Waals surface area contributed by atoms with Crippen molar-refractivity contribution in [3.63, 3.8) is 0 Å². The van der Waals surface area contributed by atoms with E-state index in [1.54, 1.807) is 12.1 Å². The number of H-pyrrole nitrogens is 1. The number of phenols is 1. The van der Waals surface area contributed by atoms with E-state index < -0.39 is 0 Å². The molecule has 102 valence electrons. The number of rotatable bonds is 2. The van der Waals surface area contributed by atoms with Gasteiger partial charge in [-0.15, -0.1) is 0 Å². The first-order valence-corrected chi connectivity index (χ1v) is 7.06. The van der Waals surface area contributed by atoms with E-state index in [4.69, 9.17) is 0 Å². The van der Waals surface area contributed by atoms with Gasteiger partial charge in [-0.2, -0.15) is 0 Å². The Morgan fingerprint density at radius 2 is 2.11 bits per heavy atom. The largest absolute Gasteiger partial charge is 0.508 e. The highest BCUT2D eigenvalue weighted by molar-refractivity contribution is 5.76. The second-order valence-corrected chi connectivity index (χ2v) is 5.72. The molecule has 0 spiro atoms. The monoisotopic (exact) mass is 259 g/mol. The molecule has 0 radical (unpaired) electrons. The molecule has 1 aliphatic rings. The van der Waals surface area contributed by atoms with Gasteiger partial charge in [0.1, 0.15) is 11.6 Å². The van der Waals surface area contributed by atoms with Crippen molar-refractivity contribution < 1.29 is 5.11 Å². The molecular weight excluding hydrogens is 238 g/mol. The molecule has 4 nitrogen and oxygen atoms in total. The van der Waals surface area contributed by atoms with E-state index in [1.165, 1.54) is 12.8 Å². The first-order chi connectivity index (χ1) is 9.13. The van der Waals surface area contributed by atoms with E-state index in [1.807, 2.05) is 6.07 Å². The van der Waals surface area contributed by atoms with Crippen molar-refractivity contribution in [2.75, 3.05) is 13.1 Å². The van der Waals surface area contributed by atoms with Gasteiger partial charge in [0.15, 0.2) is 0 Å². The Morgan fingerprint density at radius 3 is 2.84 bits per heavy atom. The van der Waals surface area contributed by atoms with Crippen molar-refractivity contribution in [3.05, 3.63) is 24.0 Å². The van der Waals surface area contributed by atoms with Gasteiger partial charge >= 0.3 is 0 Å². The van der Waals surface area contributed by atoms with Crippen molar-refractivity contribution >= 4 is 11.0 Å². The standard InChI is InChI=1S/C15H21N3O/c1-10-5-7-18(8-6-10)11(2)15-16-13-4-3-12(19)9-14(13)17-15/h3-4,9-11,19H,5-8H2,1-2H3,(H,16,17). The van der Waals surface area contributed by atoms with Crippen LogP contribution in [0.15, 0.2) is 18.2 Å². The molecule has 4 heteroatoms. The van der Waals surface area contributed by atoms with Crippen molar-refractivity contribution in [2.24, 2.45) is 5.92 Å². The molecule has 1 aromatic carbocycles. The number of imidazole rings is 1. The van der Waals surface area contributed by atoms with Crippen LogP contribution in [0.2, 0.25) is 0 Å². The van der Waals surface area contributed by atoms with Crippen LogP contribution in [-0.4, -0.2) is 33.1 Å². The number of hydrogen-bond donors (Lipinski definition) is 2. The fraction of sp³-hybridized carbons (Fsp3) is 0.533. The van der Waals surface area contributed by atoms with Crippen LogP contribution in [0.1, 0.15) is 38.6 Å². The Morgan fingerprint density at radius 1 is 1.37 bits per heavy atom. The summed E-state index contributed by atoms with van der Waals surface area (Å²) in [6.45, 7) is 6.81. The predicted molar refractivity (Wildman–Crippen MR) is 76.1 cm³/mol. The maximum absolute atomic E-state index is 9.50. The quantitative estimate of drug-likeness (QED) is 0.871. The molecule has 2 N–H and O–H groups in total. The van der Waals surface area contributed by atoms with E-state index in [-0.39, 0.29) is 5.75 Å². The maximum atomic E-state index is 9.50.